The normalized spacial score (nSPS) is 10.9. The minimum atomic E-state index is 0.251. The number of nitrogens with zero attached hydrogens (tertiary/aromatic N) is 2. The standard InChI is InChI=1S/C13H16N2OS/c1-3-17-9-10(16)8-12-11-6-4-5-7-13(11)15(2)14-12/h4-7H,3,8-9H2,1-2H3. The second-order valence-electron chi connectivity index (χ2n) is 3.94. The van der Waals surface area contributed by atoms with Crippen molar-refractivity contribution in [2.45, 2.75) is 13.3 Å². The lowest BCUT2D eigenvalue weighted by molar-refractivity contribution is -0.116. The number of hydrogen-bond donors (Lipinski definition) is 0. The highest BCUT2D eigenvalue weighted by molar-refractivity contribution is 7.99. The van der Waals surface area contributed by atoms with Crippen LogP contribution in [0.3, 0.4) is 0 Å². The largest absolute Gasteiger partial charge is 0.298 e. The van der Waals surface area contributed by atoms with E-state index < -0.39 is 0 Å². The number of hydrogen-bond acceptors (Lipinski definition) is 3. The number of aryl methyl sites for hydroxylation is 1. The fourth-order valence-electron chi connectivity index (χ4n) is 1.87. The smallest absolute Gasteiger partial charge is 0.148 e. The van der Waals surface area contributed by atoms with Gasteiger partial charge in [0, 0.05) is 12.4 Å². The van der Waals surface area contributed by atoms with Crippen LogP contribution >= 0.6 is 11.8 Å². The van der Waals surface area contributed by atoms with Crippen molar-refractivity contribution in [3.05, 3.63) is 30.0 Å². The van der Waals surface area contributed by atoms with E-state index in [1.54, 1.807) is 11.8 Å². The van der Waals surface area contributed by atoms with Gasteiger partial charge >= 0.3 is 0 Å². The van der Waals surface area contributed by atoms with Gasteiger partial charge in [0.15, 0.2) is 0 Å². The average molecular weight is 248 g/mol. The third-order valence-electron chi connectivity index (χ3n) is 2.67. The highest BCUT2D eigenvalue weighted by atomic mass is 32.2. The van der Waals surface area contributed by atoms with Crippen molar-refractivity contribution >= 4 is 28.4 Å². The second-order valence-corrected chi connectivity index (χ2v) is 5.21. The Labute approximate surface area is 105 Å². The van der Waals surface area contributed by atoms with E-state index in [1.807, 2.05) is 36.0 Å². The van der Waals surface area contributed by atoms with Gasteiger partial charge in [-0.2, -0.15) is 16.9 Å². The van der Waals surface area contributed by atoms with Crippen LogP contribution in [0.5, 0.6) is 0 Å². The van der Waals surface area contributed by atoms with Gasteiger partial charge in [0.05, 0.1) is 23.4 Å². The Morgan fingerprint density at radius 2 is 2.18 bits per heavy atom. The number of benzene rings is 1. The Bertz CT molecular complexity index is 533. The molecule has 0 aliphatic carbocycles. The predicted octanol–water partition coefficient (Wildman–Crippen LogP) is 2.44. The number of aromatic nitrogens is 2. The van der Waals surface area contributed by atoms with Gasteiger partial charge in [-0.25, -0.2) is 0 Å². The fourth-order valence-corrected chi connectivity index (χ4v) is 2.41. The third-order valence-corrected chi connectivity index (χ3v) is 3.60. The molecule has 4 heteroatoms. The molecule has 0 aliphatic rings. The second kappa shape index (κ2) is 5.36. The molecule has 0 saturated heterocycles. The summed E-state index contributed by atoms with van der Waals surface area (Å²) in [6.45, 7) is 2.06. The maximum Gasteiger partial charge on any atom is 0.148 e. The van der Waals surface area contributed by atoms with Gasteiger partial charge in [-0.05, 0) is 11.8 Å². The summed E-state index contributed by atoms with van der Waals surface area (Å²) in [6.07, 6.45) is 0.439. The average Bonchev–Trinajstić information content (AvgIpc) is 2.65. The molecule has 0 fully saturated rings. The number of carbonyl (C=O) groups is 1. The molecule has 0 amide bonds. The van der Waals surface area contributed by atoms with Gasteiger partial charge in [0.1, 0.15) is 5.78 Å². The van der Waals surface area contributed by atoms with Crippen LogP contribution in [-0.2, 0) is 18.3 Å². The van der Waals surface area contributed by atoms with Gasteiger partial charge in [-0.3, -0.25) is 9.48 Å². The van der Waals surface area contributed by atoms with E-state index in [2.05, 4.69) is 12.0 Å². The number of carbonyl (C=O) groups excluding carboxylic acids is 1. The molecule has 2 rings (SSSR count). The van der Waals surface area contributed by atoms with E-state index >= 15 is 0 Å². The van der Waals surface area contributed by atoms with E-state index in [1.165, 1.54) is 0 Å². The van der Waals surface area contributed by atoms with Crippen molar-refractivity contribution in [2.24, 2.45) is 7.05 Å². The van der Waals surface area contributed by atoms with Crippen LogP contribution in [-0.4, -0.2) is 27.1 Å². The Hall–Kier alpha value is -1.29. The Morgan fingerprint density at radius 1 is 1.41 bits per heavy atom. The van der Waals surface area contributed by atoms with E-state index in [4.69, 9.17) is 0 Å². The molecule has 90 valence electrons. The van der Waals surface area contributed by atoms with Gasteiger partial charge in [-0.15, -0.1) is 0 Å². The number of Topliss-reactive ketones (excluding diaryl/α,β-unsaturated/α-hetero) is 1. The summed E-state index contributed by atoms with van der Waals surface area (Å²) in [6, 6.07) is 8.02. The SMILES string of the molecule is CCSCC(=O)Cc1nn(C)c2ccccc12. The lowest BCUT2D eigenvalue weighted by atomic mass is 10.1. The molecule has 0 N–H and O–H groups in total. The van der Waals surface area contributed by atoms with Crippen molar-refractivity contribution in [3.8, 4) is 0 Å². The zero-order valence-corrected chi connectivity index (χ0v) is 11.0. The predicted molar refractivity (Wildman–Crippen MR) is 72.4 cm³/mol. The van der Waals surface area contributed by atoms with Gasteiger partial charge in [-0.1, -0.05) is 25.1 Å². The molecule has 0 bridgehead atoms. The molecule has 0 spiro atoms. The molecule has 0 radical (unpaired) electrons. The molecule has 1 aromatic carbocycles. The van der Waals surface area contributed by atoms with E-state index in [9.17, 15) is 4.79 Å². The molecule has 0 saturated carbocycles. The highest BCUT2D eigenvalue weighted by Gasteiger charge is 2.11. The summed E-state index contributed by atoms with van der Waals surface area (Å²) in [5, 5.41) is 5.51. The first kappa shape index (κ1) is 12.2. The summed E-state index contributed by atoms with van der Waals surface area (Å²) >= 11 is 1.66. The van der Waals surface area contributed by atoms with Crippen molar-refractivity contribution in [3.63, 3.8) is 0 Å². The number of fused-ring (bicyclic) bond motifs is 1. The molecule has 2 aromatic rings. The van der Waals surface area contributed by atoms with Crippen molar-refractivity contribution in [2.75, 3.05) is 11.5 Å². The van der Waals surface area contributed by atoms with Crippen LogP contribution in [0.2, 0.25) is 0 Å². The molecule has 0 aliphatic heterocycles. The van der Waals surface area contributed by atoms with Crippen molar-refractivity contribution in [1.82, 2.24) is 9.78 Å². The zero-order valence-electron chi connectivity index (χ0n) is 10.1. The third kappa shape index (κ3) is 2.69. The van der Waals surface area contributed by atoms with Crippen LogP contribution in [0.25, 0.3) is 10.9 Å². The quantitative estimate of drug-likeness (QED) is 0.815. The first-order valence-electron chi connectivity index (χ1n) is 5.72. The topological polar surface area (TPSA) is 34.9 Å². The first-order chi connectivity index (χ1) is 8.22. The summed E-state index contributed by atoms with van der Waals surface area (Å²) < 4.78 is 1.84. The fraction of sp³-hybridized carbons (Fsp3) is 0.385. The minimum absolute atomic E-state index is 0.251. The molecular weight excluding hydrogens is 232 g/mol. The van der Waals surface area contributed by atoms with E-state index in [0.717, 1.165) is 22.3 Å². The molecule has 0 unspecified atom stereocenters. The molecule has 1 heterocycles. The number of para-hydroxylation sites is 1. The van der Waals surface area contributed by atoms with Gasteiger partial charge in [0.2, 0.25) is 0 Å². The molecule has 17 heavy (non-hydrogen) atoms. The first-order valence-corrected chi connectivity index (χ1v) is 6.88. The summed E-state index contributed by atoms with van der Waals surface area (Å²) in [7, 11) is 1.91. The number of rotatable bonds is 5. The highest BCUT2D eigenvalue weighted by Crippen LogP contribution is 2.18. The van der Waals surface area contributed by atoms with Crippen LogP contribution in [0.4, 0.5) is 0 Å². The number of ketones is 1. The molecular formula is C13H16N2OS. The maximum absolute atomic E-state index is 11.8. The minimum Gasteiger partial charge on any atom is -0.298 e. The van der Waals surface area contributed by atoms with Crippen LogP contribution in [0.1, 0.15) is 12.6 Å². The maximum atomic E-state index is 11.8. The van der Waals surface area contributed by atoms with E-state index in [0.29, 0.717) is 12.2 Å². The van der Waals surface area contributed by atoms with Crippen molar-refractivity contribution < 1.29 is 4.79 Å². The molecule has 3 nitrogen and oxygen atoms in total. The lowest BCUT2D eigenvalue weighted by Crippen LogP contribution is -2.07. The van der Waals surface area contributed by atoms with Crippen molar-refractivity contribution in [1.29, 1.82) is 0 Å². The molecule has 1 aromatic heterocycles. The monoisotopic (exact) mass is 248 g/mol. The van der Waals surface area contributed by atoms with E-state index in [-0.39, 0.29) is 5.78 Å². The summed E-state index contributed by atoms with van der Waals surface area (Å²) in [4.78, 5) is 11.8. The molecule has 0 atom stereocenters. The summed E-state index contributed by atoms with van der Waals surface area (Å²) in [5.74, 6) is 1.82. The Kier molecular flexibility index (Phi) is 3.84. The van der Waals surface area contributed by atoms with Gasteiger partial charge in [0.25, 0.3) is 0 Å². The zero-order chi connectivity index (χ0) is 12.3. The Balaban J connectivity index is 2.21. The van der Waals surface area contributed by atoms with Crippen LogP contribution in [0.15, 0.2) is 24.3 Å². The van der Waals surface area contributed by atoms with Crippen LogP contribution in [0, 0.1) is 0 Å². The summed E-state index contributed by atoms with van der Waals surface area (Å²) in [5.41, 5.74) is 1.98. The Morgan fingerprint density at radius 3 is 2.94 bits per heavy atom. The van der Waals surface area contributed by atoms with Gasteiger partial charge < -0.3 is 0 Å². The lowest BCUT2D eigenvalue weighted by Gasteiger charge is -1.97. The van der Waals surface area contributed by atoms with Crippen LogP contribution < -0.4 is 0 Å². The number of thioether (sulfide) groups is 1.